The summed E-state index contributed by atoms with van der Waals surface area (Å²) in [5.41, 5.74) is 6.10. The van der Waals surface area contributed by atoms with Crippen molar-refractivity contribution in [2.45, 2.75) is 13.8 Å². The predicted molar refractivity (Wildman–Crippen MR) is 59.3 cm³/mol. The number of hydrogen-bond donors (Lipinski definition) is 2. The van der Waals surface area contributed by atoms with Crippen molar-refractivity contribution in [3.05, 3.63) is 29.8 Å². The van der Waals surface area contributed by atoms with Crippen molar-refractivity contribution in [3.63, 3.8) is 0 Å². The Kier molecular flexibility index (Phi) is 3.97. The van der Waals surface area contributed by atoms with Gasteiger partial charge in [0.05, 0.1) is 6.61 Å². The molecule has 0 fully saturated rings. The third kappa shape index (κ3) is 3.50. The fourth-order valence-corrected chi connectivity index (χ4v) is 1.04. The highest BCUT2D eigenvalue weighted by Crippen LogP contribution is 2.12. The lowest BCUT2D eigenvalue weighted by Crippen LogP contribution is -2.12. The summed E-state index contributed by atoms with van der Waals surface area (Å²) in [5, 5.41) is 11.4. The minimum atomic E-state index is 0.102. The number of oxime groups is 1. The number of nitrogens with two attached hydrogens (primary N) is 1. The molecule has 1 aromatic rings. The maximum absolute atomic E-state index is 8.47. The van der Waals surface area contributed by atoms with Crippen LogP contribution in [0, 0.1) is 5.92 Å². The normalized spacial score (nSPS) is 11.8. The number of benzene rings is 1. The van der Waals surface area contributed by atoms with E-state index in [-0.39, 0.29) is 5.84 Å². The van der Waals surface area contributed by atoms with Crippen molar-refractivity contribution in [3.8, 4) is 5.75 Å². The molecule has 82 valence electrons. The molecule has 1 aromatic carbocycles. The molecule has 0 aliphatic carbocycles. The highest BCUT2D eigenvalue weighted by Gasteiger charge is 2.00. The molecule has 3 N–H and O–H groups in total. The van der Waals surface area contributed by atoms with Gasteiger partial charge in [0.2, 0.25) is 0 Å². The second kappa shape index (κ2) is 5.24. The van der Waals surface area contributed by atoms with Crippen LogP contribution < -0.4 is 10.5 Å². The summed E-state index contributed by atoms with van der Waals surface area (Å²) < 4.78 is 5.49. The molecule has 0 radical (unpaired) electrons. The van der Waals surface area contributed by atoms with E-state index in [1.807, 2.05) is 0 Å². The zero-order valence-corrected chi connectivity index (χ0v) is 8.97. The van der Waals surface area contributed by atoms with E-state index in [1.54, 1.807) is 24.3 Å². The minimum absolute atomic E-state index is 0.102. The van der Waals surface area contributed by atoms with E-state index in [0.29, 0.717) is 18.1 Å². The molecule has 0 atom stereocenters. The number of amidine groups is 1. The van der Waals surface area contributed by atoms with E-state index in [9.17, 15) is 0 Å². The first kappa shape index (κ1) is 11.4. The lowest BCUT2D eigenvalue weighted by molar-refractivity contribution is 0.271. The molecule has 0 spiro atoms. The Bertz CT molecular complexity index is 331. The summed E-state index contributed by atoms with van der Waals surface area (Å²) in [6.45, 7) is 4.86. The molecule has 4 heteroatoms. The van der Waals surface area contributed by atoms with Gasteiger partial charge in [0.1, 0.15) is 5.75 Å². The Morgan fingerprint density at radius 3 is 2.47 bits per heavy atom. The van der Waals surface area contributed by atoms with E-state index < -0.39 is 0 Å². The summed E-state index contributed by atoms with van der Waals surface area (Å²) >= 11 is 0. The van der Waals surface area contributed by atoms with Crippen molar-refractivity contribution < 1.29 is 9.94 Å². The second-order valence-electron chi connectivity index (χ2n) is 3.71. The van der Waals surface area contributed by atoms with Gasteiger partial charge in [-0.05, 0) is 30.2 Å². The summed E-state index contributed by atoms with van der Waals surface area (Å²) in [6.07, 6.45) is 0. The summed E-state index contributed by atoms with van der Waals surface area (Å²) in [7, 11) is 0. The molecular weight excluding hydrogens is 192 g/mol. The molecule has 0 saturated carbocycles. The van der Waals surface area contributed by atoms with Gasteiger partial charge in [-0.2, -0.15) is 0 Å². The maximum atomic E-state index is 8.47. The third-order valence-electron chi connectivity index (χ3n) is 1.84. The lowest BCUT2D eigenvalue weighted by atomic mass is 10.2. The Morgan fingerprint density at radius 2 is 2.00 bits per heavy atom. The molecule has 0 unspecified atom stereocenters. The standard InChI is InChI=1S/C11H16N2O2/c1-8(2)7-15-10-5-3-9(4-6-10)11(12)13-14/h3-6,8,14H,7H2,1-2H3,(H2,12,13). The summed E-state index contributed by atoms with van der Waals surface area (Å²) in [4.78, 5) is 0. The summed E-state index contributed by atoms with van der Waals surface area (Å²) in [5.74, 6) is 1.39. The van der Waals surface area contributed by atoms with Gasteiger partial charge in [-0.15, -0.1) is 0 Å². The minimum Gasteiger partial charge on any atom is -0.493 e. The van der Waals surface area contributed by atoms with Crippen molar-refractivity contribution in [2.24, 2.45) is 16.8 Å². The topological polar surface area (TPSA) is 67.8 Å². The van der Waals surface area contributed by atoms with Crippen molar-refractivity contribution in [2.75, 3.05) is 6.61 Å². The van der Waals surface area contributed by atoms with Crippen LogP contribution in [0.3, 0.4) is 0 Å². The van der Waals surface area contributed by atoms with Crippen LogP contribution in [0.5, 0.6) is 5.75 Å². The highest BCUT2D eigenvalue weighted by molar-refractivity contribution is 5.97. The van der Waals surface area contributed by atoms with Crippen molar-refractivity contribution >= 4 is 5.84 Å². The van der Waals surface area contributed by atoms with Gasteiger partial charge in [0.25, 0.3) is 0 Å². The van der Waals surface area contributed by atoms with Crippen LogP contribution in [0.15, 0.2) is 29.4 Å². The number of rotatable bonds is 4. The lowest BCUT2D eigenvalue weighted by Gasteiger charge is -2.08. The Labute approximate surface area is 89.4 Å². The van der Waals surface area contributed by atoms with Crippen LogP contribution in [0.2, 0.25) is 0 Å². The van der Waals surface area contributed by atoms with Gasteiger partial charge in [-0.3, -0.25) is 0 Å². The Hall–Kier alpha value is -1.71. The van der Waals surface area contributed by atoms with Crippen LogP contribution in [-0.2, 0) is 0 Å². The zero-order chi connectivity index (χ0) is 11.3. The van der Waals surface area contributed by atoms with Gasteiger partial charge in [0.15, 0.2) is 5.84 Å². The van der Waals surface area contributed by atoms with Crippen LogP contribution in [0.4, 0.5) is 0 Å². The molecule has 0 aliphatic rings. The Balaban J connectivity index is 2.64. The van der Waals surface area contributed by atoms with Gasteiger partial charge in [-0.1, -0.05) is 19.0 Å². The van der Waals surface area contributed by atoms with Crippen molar-refractivity contribution in [1.29, 1.82) is 0 Å². The average Bonchev–Trinajstić information content (AvgIpc) is 2.26. The van der Waals surface area contributed by atoms with E-state index in [1.165, 1.54) is 0 Å². The third-order valence-corrected chi connectivity index (χ3v) is 1.84. The number of nitrogens with zero attached hydrogens (tertiary/aromatic N) is 1. The molecule has 0 amide bonds. The van der Waals surface area contributed by atoms with E-state index >= 15 is 0 Å². The quantitative estimate of drug-likeness (QED) is 0.343. The molecule has 4 nitrogen and oxygen atoms in total. The highest BCUT2D eigenvalue weighted by atomic mass is 16.5. The molecular formula is C11H16N2O2. The molecule has 0 bridgehead atoms. The SMILES string of the molecule is CC(C)COc1ccc(/C(N)=N\O)cc1. The van der Waals surface area contributed by atoms with E-state index in [0.717, 1.165) is 5.75 Å². The van der Waals surface area contributed by atoms with Gasteiger partial charge < -0.3 is 15.7 Å². The van der Waals surface area contributed by atoms with Gasteiger partial charge in [-0.25, -0.2) is 0 Å². The van der Waals surface area contributed by atoms with Gasteiger partial charge in [0, 0.05) is 5.56 Å². The van der Waals surface area contributed by atoms with Crippen LogP contribution in [-0.4, -0.2) is 17.6 Å². The number of ether oxygens (including phenoxy) is 1. The van der Waals surface area contributed by atoms with Crippen molar-refractivity contribution in [1.82, 2.24) is 0 Å². The molecule has 0 aliphatic heterocycles. The zero-order valence-electron chi connectivity index (χ0n) is 8.97. The molecule has 15 heavy (non-hydrogen) atoms. The van der Waals surface area contributed by atoms with Gasteiger partial charge >= 0.3 is 0 Å². The first-order valence-electron chi connectivity index (χ1n) is 4.84. The first-order valence-corrected chi connectivity index (χ1v) is 4.84. The maximum Gasteiger partial charge on any atom is 0.170 e. The van der Waals surface area contributed by atoms with E-state index in [2.05, 4.69) is 19.0 Å². The van der Waals surface area contributed by atoms with Crippen LogP contribution >= 0.6 is 0 Å². The second-order valence-corrected chi connectivity index (χ2v) is 3.71. The van der Waals surface area contributed by atoms with E-state index in [4.69, 9.17) is 15.7 Å². The largest absolute Gasteiger partial charge is 0.493 e. The smallest absolute Gasteiger partial charge is 0.170 e. The van der Waals surface area contributed by atoms with Crippen LogP contribution in [0.25, 0.3) is 0 Å². The molecule has 0 saturated heterocycles. The predicted octanol–water partition coefficient (Wildman–Crippen LogP) is 1.82. The molecule has 0 aromatic heterocycles. The van der Waals surface area contributed by atoms with Crippen LogP contribution in [0.1, 0.15) is 19.4 Å². The first-order chi connectivity index (χ1) is 7.13. The fourth-order valence-electron chi connectivity index (χ4n) is 1.04. The molecule has 0 heterocycles. The monoisotopic (exact) mass is 208 g/mol. The molecule has 1 rings (SSSR count). The number of hydrogen-bond acceptors (Lipinski definition) is 3. The fraction of sp³-hybridized carbons (Fsp3) is 0.364. The Morgan fingerprint density at radius 1 is 1.40 bits per heavy atom. The average molecular weight is 208 g/mol. The summed E-state index contributed by atoms with van der Waals surface area (Å²) in [6, 6.07) is 7.11.